The minimum Gasteiger partial charge on any atom is -0.480 e. The summed E-state index contributed by atoms with van der Waals surface area (Å²) >= 11 is 0. The number of carbonyl (C=O) groups excluding carboxylic acids is 1. The molecule has 0 aliphatic rings. The summed E-state index contributed by atoms with van der Waals surface area (Å²) in [7, 11) is 0. The number of rotatable bonds is 6. The van der Waals surface area contributed by atoms with Gasteiger partial charge < -0.3 is 10.4 Å². The number of carbonyl (C=O) groups is 2. The van der Waals surface area contributed by atoms with Crippen LogP contribution in [0.1, 0.15) is 23.7 Å². The lowest BCUT2D eigenvalue weighted by molar-refractivity contribution is -0.394. The molecule has 0 saturated heterocycles. The van der Waals surface area contributed by atoms with Gasteiger partial charge in [0.2, 0.25) is 0 Å². The highest BCUT2D eigenvalue weighted by Crippen LogP contribution is 2.24. The van der Waals surface area contributed by atoms with E-state index in [4.69, 9.17) is 5.11 Å². The van der Waals surface area contributed by atoms with Crippen LogP contribution in [0.25, 0.3) is 0 Å². The summed E-state index contributed by atoms with van der Waals surface area (Å²) < 4.78 is 0. The Morgan fingerprint density at radius 2 is 1.90 bits per heavy atom. The van der Waals surface area contributed by atoms with E-state index in [1.807, 2.05) is 0 Å². The fourth-order valence-corrected chi connectivity index (χ4v) is 1.55. The second-order valence-corrected chi connectivity index (χ2v) is 3.99. The standard InChI is InChI=1S/C11H11N3O7/c1-2-8(11(16)17)12-10(15)7-4-3-6(13(18)19)5-9(7)14(20)21/h3-5,8H,2H2,1H3,(H,12,15)(H,16,17)/t8-/m0/s1. The summed E-state index contributed by atoms with van der Waals surface area (Å²) in [6.07, 6.45) is 0.0852. The van der Waals surface area contributed by atoms with Crippen LogP contribution < -0.4 is 5.32 Å². The van der Waals surface area contributed by atoms with E-state index >= 15 is 0 Å². The van der Waals surface area contributed by atoms with Crippen molar-refractivity contribution in [3.63, 3.8) is 0 Å². The maximum atomic E-state index is 11.9. The molecule has 0 unspecified atom stereocenters. The summed E-state index contributed by atoms with van der Waals surface area (Å²) in [6.45, 7) is 1.52. The van der Waals surface area contributed by atoms with Crippen molar-refractivity contribution in [2.75, 3.05) is 0 Å². The molecule has 21 heavy (non-hydrogen) atoms. The fourth-order valence-electron chi connectivity index (χ4n) is 1.55. The summed E-state index contributed by atoms with van der Waals surface area (Å²) in [5.41, 5.74) is -1.74. The zero-order valence-corrected chi connectivity index (χ0v) is 10.8. The number of nitrogens with one attached hydrogen (secondary N) is 1. The molecule has 0 fully saturated rings. The minimum atomic E-state index is -1.28. The zero-order valence-electron chi connectivity index (χ0n) is 10.8. The maximum Gasteiger partial charge on any atom is 0.326 e. The predicted molar refractivity (Wildman–Crippen MR) is 68.9 cm³/mol. The van der Waals surface area contributed by atoms with Gasteiger partial charge in [-0.15, -0.1) is 0 Å². The van der Waals surface area contributed by atoms with Gasteiger partial charge in [0.25, 0.3) is 17.3 Å². The average Bonchev–Trinajstić information content (AvgIpc) is 2.43. The molecule has 0 heterocycles. The molecule has 1 aromatic carbocycles. The molecule has 10 nitrogen and oxygen atoms in total. The number of nitrogens with zero attached hydrogens (tertiary/aromatic N) is 2. The number of nitro benzene ring substituents is 2. The van der Waals surface area contributed by atoms with Crippen LogP contribution in [0.15, 0.2) is 18.2 Å². The third-order valence-corrected chi connectivity index (χ3v) is 2.65. The Balaban J connectivity index is 3.17. The van der Waals surface area contributed by atoms with Gasteiger partial charge in [-0.05, 0) is 12.5 Å². The molecule has 0 aromatic heterocycles. The van der Waals surface area contributed by atoms with Crippen LogP contribution >= 0.6 is 0 Å². The Morgan fingerprint density at radius 3 is 2.33 bits per heavy atom. The van der Waals surface area contributed by atoms with Crippen molar-refractivity contribution in [1.82, 2.24) is 5.32 Å². The number of carboxylic acids is 1. The van der Waals surface area contributed by atoms with Crippen LogP contribution in [0.5, 0.6) is 0 Å². The van der Waals surface area contributed by atoms with Gasteiger partial charge in [0.1, 0.15) is 11.6 Å². The largest absolute Gasteiger partial charge is 0.480 e. The molecular weight excluding hydrogens is 286 g/mol. The van der Waals surface area contributed by atoms with Gasteiger partial charge in [0.05, 0.1) is 15.9 Å². The highest BCUT2D eigenvalue weighted by atomic mass is 16.6. The lowest BCUT2D eigenvalue weighted by Crippen LogP contribution is -2.40. The Morgan fingerprint density at radius 1 is 1.29 bits per heavy atom. The van der Waals surface area contributed by atoms with Crippen molar-refractivity contribution in [2.24, 2.45) is 0 Å². The van der Waals surface area contributed by atoms with Crippen molar-refractivity contribution in [2.45, 2.75) is 19.4 Å². The topological polar surface area (TPSA) is 153 Å². The summed E-state index contributed by atoms with van der Waals surface area (Å²) in [6, 6.07) is 1.30. The number of aliphatic carboxylic acids is 1. The van der Waals surface area contributed by atoms with Crippen molar-refractivity contribution < 1.29 is 24.5 Å². The van der Waals surface area contributed by atoms with Crippen molar-refractivity contribution in [3.05, 3.63) is 44.0 Å². The number of non-ortho nitro benzene ring substituents is 1. The highest BCUT2D eigenvalue weighted by molar-refractivity contribution is 6.00. The van der Waals surface area contributed by atoms with Gasteiger partial charge in [-0.2, -0.15) is 0 Å². The van der Waals surface area contributed by atoms with E-state index in [-0.39, 0.29) is 6.42 Å². The summed E-state index contributed by atoms with van der Waals surface area (Å²) in [4.78, 5) is 42.4. The van der Waals surface area contributed by atoms with Gasteiger partial charge in [-0.25, -0.2) is 4.79 Å². The molecule has 1 amide bonds. The summed E-state index contributed by atoms with van der Waals surface area (Å²) in [5, 5.41) is 32.4. The lowest BCUT2D eigenvalue weighted by atomic mass is 10.1. The third-order valence-electron chi connectivity index (χ3n) is 2.65. The Hall–Kier alpha value is -3.04. The SMILES string of the molecule is CC[C@H](NC(=O)c1ccc([N+](=O)[O-])cc1[N+](=O)[O-])C(=O)O. The first-order valence-corrected chi connectivity index (χ1v) is 5.74. The average molecular weight is 297 g/mol. The molecule has 2 N–H and O–H groups in total. The van der Waals surface area contributed by atoms with Crippen LogP contribution in [0.3, 0.4) is 0 Å². The van der Waals surface area contributed by atoms with Crippen LogP contribution in [0.4, 0.5) is 11.4 Å². The van der Waals surface area contributed by atoms with E-state index in [2.05, 4.69) is 5.32 Å². The summed E-state index contributed by atoms with van der Waals surface area (Å²) in [5.74, 6) is -2.26. The monoisotopic (exact) mass is 297 g/mol. The molecule has 1 rings (SSSR count). The van der Waals surface area contributed by atoms with E-state index in [1.165, 1.54) is 6.92 Å². The first-order valence-electron chi connectivity index (χ1n) is 5.74. The van der Waals surface area contributed by atoms with E-state index in [9.17, 15) is 29.8 Å². The number of carboxylic acid groups (broad SMARTS) is 1. The van der Waals surface area contributed by atoms with E-state index in [0.717, 1.165) is 12.1 Å². The molecule has 0 aliphatic carbocycles. The molecule has 0 saturated carbocycles. The fraction of sp³-hybridized carbons (Fsp3) is 0.273. The normalized spacial score (nSPS) is 11.5. The van der Waals surface area contributed by atoms with E-state index in [1.54, 1.807) is 0 Å². The van der Waals surface area contributed by atoms with Gasteiger partial charge in [0, 0.05) is 6.07 Å². The molecular formula is C11H11N3O7. The molecule has 0 radical (unpaired) electrons. The Bertz CT molecular complexity index is 614. The lowest BCUT2D eigenvalue weighted by Gasteiger charge is -2.12. The molecule has 10 heteroatoms. The predicted octanol–water partition coefficient (Wildman–Crippen LogP) is 1.10. The smallest absolute Gasteiger partial charge is 0.326 e. The molecule has 0 bridgehead atoms. The minimum absolute atomic E-state index is 0.0852. The molecule has 1 atom stereocenters. The molecule has 0 aliphatic heterocycles. The highest BCUT2D eigenvalue weighted by Gasteiger charge is 2.26. The third kappa shape index (κ3) is 3.72. The first kappa shape index (κ1) is 16.0. The van der Waals surface area contributed by atoms with Gasteiger partial charge in [-0.1, -0.05) is 6.92 Å². The van der Waals surface area contributed by atoms with Crippen molar-refractivity contribution >= 4 is 23.3 Å². The maximum absolute atomic E-state index is 11.9. The van der Waals surface area contributed by atoms with Gasteiger partial charge in [-0.3, -0.25) is 25.0 Å². The van der Waals surface area contributed by atoms with Crippen LogP contribution in [-0.4, -0.2) is 32.9 Å². The van der Waals surface area contributed by atoms with Crippen LogP contribution in [0, 0.1) is 20.2 Å². The van der Waals surface area contributed by atoms with Crippen molar-refractivity contribution in [3.8, 4) is 0 Å². The van der Waals surface area contributed by atoms with E-state index < -0.39 is 44.7 Å². The van der Waals surface area contributed by atoms with Gasteiger partial charge >= 0.3 is 5.97 Å². The first-order chi connectivity index (χ1) is 9.77. The Kier molecular flexibility index (Phi) is 4.89. The second kappa shape index (κ2) is 6.41. The number of hydrogen-bond donors (Lipinski definition) is 2. The van der Waals surface area contributed by atoms with E-state index in [0.29, 0.717) is 6.07 Å². The zero-order chi connectivity index (χ0) is 16.2. The molecule has 112 valence electrons. The number of amides is 1. The van der Waals surface area contributed by atoms with Gasteiger partial charge in [0.15, 0.2) is 0 Å². The number of benzene rings is 1. The van der Waals surface area contributed by atoms with Crippen LogP contribution in [-0.2, 0) is 4.79 Å². The number of nitro groups is 2. The quantitative estimate of drug-likeness (QED) is 0.588. The number of hydrogen-bond acceptors (Lipinski definition) is 6. The van der Waals surface area contributed by atoms with Crippen molar-refractivity contribution in [1.29, 1.82) is 0 Å². The van der Waals surface area contributed by atoms with Crippen LogP contribution in [0.2, 0.25) is 0 Å². The molecule has 1 aromatic rings. The Labute approximate surface area is 117 Å². The second-order valence-electron chi connectivity index (χ2n) is 3.99. The molecule has 0 spiro atoms.